The lowest BCUT2D eigenvalue weighted by Gasteiger charge is -2.35. The number of aliphatic carboxylic acids is 1. The average Bonchev–Trinajstić information content (AvgIpc) is 3.68. The molecular weight excluding hydrogens is 576 g/mol. The number of hydrogen-bond donors (Lipinski definition) is 2. The summed E-state index contributed by atoms with van der Waals surface area (Å²) in [7, 11) is 0. The molecule has 9 nitrogen and oxygen atoms in total. The zero-order chi connectivity index (χ0) is 29.1. The third kappa shape index (κ3) is 6.18. The number of allylic oxidation sites excluding steroid dienone is 1. The maximum Gasteiger partial charge on any atom is 0.338 e. The monoisotopic (exact) mass is 603 g/mol. The molecule has 1 unspecified atom stereocenters. The zero-order valence-electron chi connectivity index (χ0n) is 22.1. The van der Waals surface area contributed by atoms with Crippen LogP contribution in [-0.4, -0.2) is 44.3 Å². The van der Waals surface area contributed by atoms with E-state index in [0.717, 1.165) is 37.3 Å². The van der Waals surface area contributed by atoms with E-state index in [4.69, 9.17) is 26.4 Å². The molecule has 0 bridgehead atoms. The number of hydrogen-bond acceptors (Lipinski definition) is 8. The van der Waals surface area contributed by atoms with Gasteiger partial charge in [0.2, 0.25) is 0 Å². The van der Waals surface area contributed by atoms with Gasteiger partial charge in [-0.3, -0.25) is 14.5 Å². The van der Waals surface area contributed by atoms with Gasteiger partial charge in [-0.05, 0) is 56.1 Å². The fourth-order valence-corrected chi connectivity index (χ4v) is 6.23. The molecule has 1 aliphatic heterocycles. The van der Waals surface area contributed by atoms with Crippen LogP contribution in [0.4, 0.5) is 8.78 Å². The molecule has 0 spiro atoms. The predicted octanol–water partition coefficient (Wildman–Crippen LogP) is 5.63. The molecule has 2 aromatic heterocycles. The number of aryl methyl sites for hydroxylation is 1. The Balaban J connectivity index is 1.48. The first-order valence-corrected chi connectivity index (χ1v) is 14.6. The molecule has 3 aromatic rings. The molecule has 41 heavy (non-hydrogen) atoms. The van der Waals surface area contributed by atoms with Crippen LogP contribution in [0.5, 0.6) is 0 Å². The standard InChI is InChI=1S/C28H28ClF2N5O4S/c1-2-40-28(39)21-24(16-5-3-15(4-6-16)17-13-33-36(14-17)11-9-20(37)38)34-26(27-32-10-12-41-27)35-25(21)18-7-8-19(30)23(31)22(18)29/h7-8,10,12-16,25H,2-6,9,11H2,1H3,(H,34,35)(H,37,38)/t15-,16-,25?. The van der Waals surface area contributed by atoms with Crippen molar-refractivity contribution in [2.45, 2.75) is 57.5 Å². The fourth-order valence-electron chi connectivity index (χ4n) is 5.38. The number of nitrogens with one attached hydrogen (secondary N) is 1. The van der Waals surface area contributed by atoms with E-state index in [2.05, 4.69) is 15.4 Å². The Hall–Kier alpha value is -3.64. The topological polar surface area (TPSA) is 119 Å². The van der Waals surface area contributed by atoms with E-state index >= 15 is 0 Å². The van der Waals surface area contributed by atoms with E-state index in [1.807, 2.05) is 6.20 Å². The first-order chi connectivity index (χ1) is 19.8. The lowest BCUT2D eigenvalue weighted by molar-refractivity contribution is -0.139. The molecule has 1 saturated carbocycles. The highest BCUT2D eigenvalue weighted by molar-refractivity contribution is 7.11. The van der Waals surface area contributed by atoms with Crippen LogP contribution in [0.2, 0.25) is 5.02 Å². The molecule has 5 rings (SSSR count). The van der Waals surface area contributed by atoms with E-state index < -0.39 is 34.6 Å². The van der Waals surface area contributed by atoms with Crippen molar-refractivity contribution in [1.29, 1.82) is 0 Å². The highest BCUT2D eigenvalue weighted by atomic mass is 35.5. The molecule has 2 N–H and O–H groups in total. The SMILES string of the molecule is CCOC(=O)C1=C([C@H]2CC[C@H](c3cnn(CCC(=O)O)c3)CC2)NC(c2nccs2)=NC1c1ccc(F)c(F)c1Cl. The number of halogens is 3. The number of benzene rings is 1. The largest absolute Gasteiger partial charge is 0.481 e. The van der Waals surface area contributed by atoms with Gasteiger partial charge in [-0.25, -0.2) is 18.6 Å². The van der Waals surface area contributed by atoms with Crippen molar-refractivity contribution in [3.05, 3.63) is 80.2 Å². The number of thiazole rings is 1. The van der Waals surface area contributed by atoms with Crippen molar-refractivity contribution in [2.75, 3.05) is 6.61 Å². The summed E-state index contributed by atoms with van der Waals surface area (Å²) in [6.45, 7) is 2.12. The molecule has 2 aliphatic rings. The smallest absolute Gasteiger partial charge is 0.338 e. The zero-order valence-corrected chi connectivity index (χ0v) is 23.7. The minimum atomic E-state index is -1.21. The lowest BCUT2D eigenvalue weighted by Crippen LogP contribution is -2.38. The molecule has 1 atom stereocenters. The van der Waals surface area contributed by atoms with Crippen LogP contribution >= 0.6 is 22.9 Å². The van der Waals surface area contributed by atoms with Crippen LogP contribution < -0.4 is 5.32 Å². The van der Waals surface area contributed by atoms with Gasteiger partial charge in [-0.15, -0.1) is 11.3 Å². The molecule has 1 aromatic carbocycles. The number of aliphatic imine (C=N–C) groups is 1. The van der Waals surface area contributed by atoms with Crippen LogP contribution in [0.25, 0.3) is 0 Å². The maximum atomic E-state index is 14.6. The van der Waals surface area contributed by atoms with E-state index in [1.165, 1.54) is 17.4 Å². The molecule has 216 valence electrons. The Bertz CT molecular complexity index is 1500. The van der Waals surface area contributed by atoms with Crippen molar-refractivity contribution in [2.24, 2.45) is 10.9 Å². The Morgan fingerprint density at radius 1 is 1.22 bits per heavy atom. The second-order valence-electron chi connectivity index (χ2n) is 9.88. The Labute approximate surface area is 243 Å². The summed E-state index contributed by atoms with van der Waals surface area (Å²) >= 11 is 7.64. The number of esters is 1. The van der Waals surface area contributed by atoms with Gasteiger partial charge < -0.3 is 15.2 Å². The number of aromatic nitrogens is 3. The van der Waals surface area contributed by atoms with Gasteiger partial charge in [-0.2, -0.15) is 5.10 Å². The van der Waals surface area contributed by atoms with Crippen LogP contribution in [-0.2, 0) is 20.9 Å². The van der Waals surface area contributed by atoms with Crippen molar-refractivity contribution >= 4 is 40.7 Å². The van der Waals surface area contributed by atoms with E-state index in [0.29, 0.717) is 23.1 Å². The number of amidine groups is 1. The number of carbonyl (C=O) groups is 2. The summed E-state index contributed by atoms with van der Waals surface area (Å²) in [5.41, 5.74) is 2.03. The lowest BCUT2D eigenvalue weighted by atomic mass is 9.76. The summed E-state index contributed by atoms with van der Waals surface area (Å²) in [6.07, 6.45) is 8.35. The number of ether oxygens (including phenoxy) is 1. The van der Waals surface area contributed by atoms with Gasteiger partial charge in [-0.1, -0.05) is 17.7 Å². The van der Waals surface area contributed by atoms with Gasteiger partial charge in [0.05, 0.1) is 36.4 Å². The minimum absolute atomic E-state index is 0.00353. The van der Waals surface area contributed by atoms with E-state index in [9.17, 15) is 18.4 Å². The molecule has 13 heteroatoms. The maximum absolute atomic E-state index is 14.6. The Kier molecular flexibility index (Phi) is 8.79. The number of carboxylic acid groups (broad SMARTS) is 1. The summed E-state index contributed by atoms with van der Waals surface area (Å²) in [6, 6.07) is 1.29. The molecule has 1 fully saturated rings. The van der Waals surface area contributed by atoms with Gasteiger partial charge >= 0.3 is 11.9 Å². The quantitative estimate of drug-likeness (QED) is 0.240. The Morgan fingerprint density at radius 2 is 1.98 bits per heavy atom. The van der Waals surface area contributed by atoms with Crippen LogP contribution in [0.15, 0.2) is 52.4 Å². The summed E-state index contributed by atoms with van der Waals surface area (Å²) in [5.74, 6) is -3.23. The van der Waals surface area contributed by atoms with Crippen molar-refractivity contribution < 1.29 is 28.2 Å². The molecule has 0 amide bonds. The first kappa shape index (κ1) is 28.9. The van der Waals surface area contributed by atoms with Crippen molar-refractivity contribution in [3.8, 4) is 0 Å². The van der Waals surface area contributed by atoms with Crippen molar-refractivity contribution in [1.82, 2.24) is 20.1 Å². The van der Waals surface area contributed by atoms with Crippen molar-refractivity contribution in [3.63, 3.8) is 0 Å². The predicted molar refractivity (Wildman–Crippen MR) is 149 cm³/mol. The molecule has 0 radical (unpaired) electrons. The van der Waals surface area contributed by atoms with Crippen LogP contribution in [0.3, 0.4) is 0 Å². The number of nitrogens with zero attached hydrogens (tertiary/aromatic N) is 4. The highest BCUT2D eigenvalue weighted by Crippen LogP contribution is 2.44. The summed E-state index contributed by atoms with van der Waals surface area (Å²) < 4.78 is 35.6. The number of carboxylic acids is 1. The minimum Gasteiger partial charge on any atom is -0.481 e. The summed E-state index contributed by atoms with van der Waals surface area (Å²) in [5, 5.41) is 18.5. The summed E-state index contributed by atoms with van der Waals surface area (Å²) in [4.78, 5) is 33.4. The fraction of sp³-hybridized carbons (Fsp3) is 0.393. The molecular formula is C28H28ClF2N5O4S. The Morgan fingerprint density at radius 3 is 2.66 bits per heavy atom. The average molecular weight is 604 g/mol. The normalized spacial score (nSPS) is 20.9. The van der Waals surface area contributed by atoms with Gasteiger partial charge in [0.1, 0.15) is 6.04 Å². The van der Waals surface area contributed by atoms with Gasteiger partial charge in [0.15, 0.2) is 22.5 Å². The second kappa shape index (κ2) is 12.5. The number of carbonyl (C=O) groups excluding carboxylic acids is 1. The van der Waals surface area contributed by atoms with E-state index in [-0.39, 0.29) is 36.0 Å². The van der Waals surface area contributed by atoms with Gasteiger partial charge in [0, 0.05) is 29.0 Å². The molecule has 1 aliphatic carbocycles. The third-order valence-corrected chi connectivity index (χ3v) is 8.54. The highest BCUT2D eigenvalue weighted by Gasteiger charge is 2.38. The number of rotatable bonds is 9. The van der Waals surface area contributed by atoms with Crippen LogP contribution in [0.1, 0.15) is 67.1 Å². The van der Waals surface area contributed by atoms with Gasteiger partial charge in [0.25, 0.3) is 0 Å². The first-order valence-electron chi connectivity index (χ1n) is 13.3. The molecule has 0 saturated heterocycles. The van der Waals surface area contributed by atoms with E-state index in [1.54, 1.807) is 29.4 Å². The third-order valence-electron chi connectivity index (χ3n) is 7.38. The molecule has 3 heterocycles. The second-order valence-corrected chi connectivity index (χ2v) is 11.2. The van der Waals surface area contributed by atoms with Crippen LogP contribution in [0, 0.1) is 17.6 Å².